The van der Waals surface area contributed by atoms with Crippen molar-refractivity contribution in [3.8, 4) is 5.75 Å². The first kappa shape index (κ1) is 18.9. The SMILES string of the molecule is CNC(=O)CNC(=O)COC(=O)CNC(=O)c1cccc(OC)c1. The largest absolute Gasteiger partial charge is 0.497 e. The molecule has 0 aliphatic rings. The van der Waals surface area contributed by atoms with E-state index in [-0.39, 0.29) is 12.5 Å². The van der Waals surface area contributed by atoms with E-state index in [0.29, 0.717) is 11.3 Å². The lowest BCUT2D eigenvalue weighted by molar-refractivity contribution is -0.147. The van der Waals surface area contributed by atoms with E-state index in [0.717, 1.165) is 0 Å². The minimum Gasteiger partial charge on any atom is -0.497 e. The second-order valence-electron chi connectivity index (χ2n) is 4.53. The van der Waals surface area contributed by atoms with Crippen molar-refractivity contribution >= 4 is 23.7 Å². The minimum atomic E-state index is -0.777. The van der Waals surface area contributed by atoms with E-state index in [1.165, 1.54) is 20.2 Å². The van der Waals surface area contributed by atoms with Gasteiger partial charge in [-0.3, -0.25) is 19.2 Å². The van der Waals surface area contributed by atoms with E-state index in [2.05, 4.69) is 20.7 Å². The third kappa shape index (κ3) is 6.77. The van der Waals surface area contributed by atoms with Crippen LogP contribution < -0.4 is 20.7 Å². The van der Waals surface area contributed by atoms with Crippen molar-refractivity contribution in [3.63, 3.8) is 0 Å². The molecule has 0 spiro atoms. The van der Waals surface area contributed by atoms with Gasteiger partial charge in [0.15, 0.2) is 6.61 Å². The van der Waals surface area contributed by atoms with Crippen molar-refractivity contribution in [2.75, 3.05) is 33.9 Å². The van der Waals surface area contributed by atoms with Crippen LogP contribution >= 0.6 is 0 Å². The number of amides is 3. The van der Waals surface area contributed by atoms with Crippen LogP contribution in [0.2, 0.25) is 0 Å². The Hall–Kier alpha value is -3.10. The molecule has 0 bridgehead atoms. The lowest BCUT2D eigenvalue weighted by Gasteiger charge is -2.08. The van der Waals surface area contributed by atoms with Gasteiger partial charge < -0.3 is 25.4 Å². The molecule has 1 rings (SSSR count). The number of hydrogen-bond acceptors (Lipinski definition) is 6. The average Bonchev–Trinajstić information content (AvgIpc) is 2.62. The normalized spacial score (nSPS) is 9.58. The van der Waals surface area contributed by atoms with Crippen LogP contribution in [0.15, 0.2) is 24.3 Å². The van der Waals surface area contributed by atoms with Crippen LogP contribution in [-0.2, 0) is 19.1 Å². The molecular formula is C15H19N3O6. The summed E-state index contributed by atoms with van der Waals surface area (Å²) in [4.78, 5) is 45.6. The Balaban J connectivity index is 2.31. The van der Waals surface area contributed by atoms with Gasteiger partial charge in [0, 0.05) is 12.6 Å². The molecule has 1 aromatic carbocycles. The molecule has 0 saturated heterocycles. The molecule has 9 nitrogen and oxygen atoms in total. The molecule has 9 heteroatoms. The molecule has 0 aromatic heterocycles. The van der Waals surface area contributed by atoms with E-state index in [1.54, 1.807) is 18.2 Å². The average molecular weight is 337 g/mol. The summed E-state index contributed by atoms with van der Waals surface area (Å²) in [7, 11) is 2.91. The molecule has 130 valence electrons. The van der Waals surface area contributed by atoms with Crippen LogP contribution in [0.5, 0.6) is 5.75 Å². The third-order valence-electron chi connectivity index (χ3n) is 2.81. The summed E-state index contributed by atoms with van der Waals surface area (Å²) < 4.78 is 9.68. The van der Waals surface area contributed by atoms with E-state index in [4.69, 9.17) is 4.74 Å². The summed E-state index contributed by atoms with van der Waals surface area (Å²) in [6, 6.07) is 6.41. The maximum absolute atomic E-state index is 11.9. The van der Waals surface area contributed by atoms with Gasteiger partial charge in [0.2, 0.25) is 5.91 Å². The number of ether oxygens (including phenoxy) is 2. The van der Waals surface area contributed by atoms with Gasteiger partial charge >= 0.3 is 5.97 Å². The highest BCUT2D eigenvalue weighted by Gasteiger charge is 2.11. The summed E-state index contributed by atoms with van der Waals surface area (Å²) in [5, 5.41) is 6.95. The Labute approximate surface area is 138 Å². The summed E-state index contributed by atoms with van der Waals surface area (Å²) in [5.74, 6) is -1.74. The highest BCUT2D eigenvalue weighted by atomic mass is 16.5. The molecule has 0 heterocycles. The van der Waals surface area contributed by atoms with Gasteiger partial charge in [0.1, 0.15) is 12.3 Å². The number of carbonyl (C=O) groups is 4. The van der Waals surface area contributed by atoms with Gasteiger partial charge in [0.05, 0.1) is 13.7 Å². The number of likely N-dealkylation sites (N-methyl/N-ethyl adjacent to an activating group) is 1. The van der Waals surface area contributed by atoms with Crippen LogP contribution in [0.4, 0.5) is 0 Å². The number of carbonyl (C=O) groups excluding carboxylic acids is 4. The number of esters is 1. The number of rotatable bonds is 8. The molecule has 0 saturated carbocycles. The molecule has 24 heavy (non-hydrogen) atoms. The van der Waals surface area contributed by atoms with E-state index in [9.17, 15) is 19.2 Å². The molecule has 0 aliphatic heterocycles. The van der Waals surface area contributed by atoms with E-state index < -0.39 is 30.9 Å². The predicted molar refractivity (Wildman–Crippen MR) is 83.4 cm³/mol. The first-order valence-corrected chi connectivity index (χ1v) is 7.01. The summed E-state index contributed by atoms with van der Waals surface area (Å²) in [6.07, 6.45) is 0. The summed E-state index contributed by atoms with van der Waals surface area (Å²) in [5.41, 5.74) is 0.325. The zero-order chi connectivity index (χ0) is 17.9. The Morgan fingerprint density at radius 1 is 1.04 bits per heavy atom. The highest BCUT2D eigenvalue weighted by Crippen LogP contribution is 2.12. The molecule has 1 aromatic rings. The molecule has 0 aliphatic carbocycles. The number of nitrogens with one attached hydrogen (secondary N) is 3. The van der Waals surface area contributed by atoms with Crippen LogP contribution in [0.1, 0.15) is 10.4 Å². The zero-order valence-electron chi connectivity index (χ0n) is 13.4. The van der Waals surface area contributed by atoms with Gasteiger partial charge in [-0.25, -0.2) is 0 Å². The van der Waals surface area contributed by atoms with Gasteiger partial charge in [-0.2, -0.15) is 0 Å². The van der Waals surface area contributed by atoms with Crippen LogP contribution in [0.3, 0.4) is 0 Å². The van der Waals surface area contributed by atoms with Crippen molar-refractivity contribution in [3.05, 3.63) is 29.8 Å². The number of benzene rings is 1. The lowest BCUT2D eigenvalue weighted by atomic mass is 10.2. The molecule has 3 amide bonds. The van der Waals surface area contributed by atoms with Crippen molar-refractivity contribution in [1.82, 2.24) is 16.0 Å². The lowest BCUT2D eigenvalue weighted by Crippen LogP contribution is -2.38. The van der Waals surface area contributed by atoms with E-state index >= 15 is 0 Å². The van der Waals surface area contributed by atoms with Gasteiger partial charge in [-0.15, -0.1) is 0 Å². The Kier molecular flexibility index (Phi) is 7.76. The quantitative estimate of drug-likeness (QED) is 0.514. The highest BCUT2D eigenvalue weighted by molar-refractivity contribution is 5.96. The Morgan fingerprint density at radius 2 is 1.79 bits per heavy atom. The number of hydrogen-bond donors (Lipinski definition) is 3. The van der Waals surface area contributed by atoms with Crippen molar-refractivity contribution in [2.45, 2.75) is 0 Å². The summed E-state index contributed by atoms with van der Waals surface area (Å²) >= 11 is 0. The van der Waals surface area contributed by atoms with Crippen molar-refractivity contribution < 1.29 is 28.7 Å². The monoisotopic (exact) mass is 337 g/mol. The Morgan fingerprint density at radius 3 is 2.46 bits per heavy atom. The molecule has 0 atom stereocenters. The molecule has 3 N–H and O–H groups in total. The van der Waals surface area contributed by atoms with Crippen LogP contribution in [0, 0.1) is 0 Å². The van der Waals surface area contributed by atoms with Crippen molar-refractivity contribution in [1.29, 1.82) is 0 Å². The van der Waals surface area contributed by atoms with Crippen molar-refractivity contribution in [2.24, 2.45) is 0 Å². The number of methoxy groups -OCH3 is 1. The maximum Gasteiger partial charge on any atom is 0.325 e. The fourth-order valence-corrected chi connectivity index (χ4v) is 1.53. The molecule has 0 fully saturated rings. The van der Waals surface area contributed by atoms with Gasteiger partial charge in [-0.1, -0.05) is 6.07 Å². The van der Waals surface area contributed by atoms with Crippen LogP contribution in [0.25, 0.3) is 0 Å². The fourth-order valence-electron chi connectivity index (χ4n) is 1.53. The molecule has 0 unspecified atom stereocenters. The Bertz CT molecular complexity index is 617. The zero-order valence-corrected chi connectivity index (χ0v) is 13.4. The minimum absolute atomic E-state index is 0.209. The smallest absolute Gasteiger partial charge is 0.325 e. The molecule has 0 radical (unpaired) electrons. The second kappa shape index (κ2) is 9.82. The van der Waals surface area contributed by atoms with Gasteiger partial charge in [-0.05, 0) is 18.2 Å². The van der Waals surface area contributed by atoms with Crippen LogP contribution in [-0.4, -0.2) is 57.5 Å². The first-order chi connectivity index (χ1) is 11.5. The summed E-state index contributed by atoms with van der Waals surface area (Å²) in [6.45, 7) is -1.14. The third-order valence-corrected chi connectivity index (χ3v) is 2.81. The van der Waals surface area contributed by atoms with Gasteiger partial charge in [0.25, 0.3) is 11.8 Å². The predicted octanol–water partition coefficient (Wildman–Crippen LogP) is -1.17. The second-order valence-corrected chi connectivity index (χ2v) is 4.53. The topological polar surface area (TPSA) is 123 Å². The molecular weight excluding hydrogens is 318 g/mol. The first-order valence-electron chi connectivity index (χ1n) is 7.01. The van der Waals surface area contributed by atoms with E-state index in [1.807, 2.05) is 0 Å². The standard InChI is InChI=1S/C15H19N3O6/c1-16-12(19)7-17-13(20)9-24-14(21)8-18-15(22)10-4-3-5-11(6-10)23-2/h3-6H,7-9H2,1-2H3,(H,16,19)(H,17,20)(H,18,22). The fraction of sp³-hybridized carbons (Fsp3) is 0.333. The maximum atomic E-state index is 11.9.